The Labute approximate surface area is 204 Å². The van der Waals surface area contributed by atoms with E-state index in [1.807, 2.05) is 66.3 Å². The molecule has 3 rings (SSSR count). The third-order valence-electron chi connectivity index (χ3n) is 4.55. The molecule has 0 spiro atoms. The van der Waals surface area contributed by atoms with Crippen molar-refractivity contribution in [3.05, 3.63) is 89.7 Å². The zero-order valence-electron chi connectivity index (χ0n) is 17.7. The maximum Gasteiger partial charge on any atom is 0.191 e. The number of hydrogen-bond acceptors (Lipinski definition) is 3. The number of aliphatic imine (C=N–C) groups is 1. The standard InChI is InChI=1S/C23H29N5OS.HI/c1-2-24-23(25-14-16-30(29)19-20-9-4-3-5-10-20)26-17-21-11-6-7-12-22(21)18-28-15-8-13-27-28;/h3-13,15H,2,14,16-19H2,1H3,(H2,24,25,26);1H. The number of halogens is 1. The molecule has 8 heteroatoms. The molecule has 0 aliphatic rings. The minimum atomic E-state index is -0.909. The van der Waals surface area contributed by atoms with Crippen LogP contribution in [0.25, 0.3) is 0 Å². The molecule has 2 N–H and O–H groups in total. The quantitative estimate of drug-likeness (QED) is 0.230. The van der Waals surface area contributed by atoms with Gasteiger partial charge in [0, 0.05) is 47.8 Å². The maximum atomic E-state index is 12.3. The Morgan fingerprint density at radius 2 is 1.77 bits per heavy atom. The van der Waals surface area contributed by atoms with Crippen LogP contribution in [0.5, 0.6) is 0 Å². The van der Waals surface area contributed by atoms with E-state index in [1.165, 1.54) is 5.56 Å². The first-order valence-electron chi connectivity index (χ1n) is 10.2. The van der Waals surface area contributed by atoms with Crippen LogP contribution in [0.4, 0.5) is 0 Å². The van der Waals surface area contributed by atoms with E-state index in [1.54, 1.807) is 6.20 Å². The van der Waals surface area contributed by atoms with Crippen molar-refractivity contribution in [3.8, 4) is 0 Å². The number of nitrogens with zero attached hydrogens (tertiary/aromatic N) is 3. The number of rotatable bonds is 10. The topological polar surface area (TPSA) is 71.3 Å². The van der Waals surface area contributed by atoms with Crippen molar-refractivity contribution in [3.63, 3.8) is 0 Å². The van der Waals surface area contributed by atoms with Gasteiger partial charge in [-0.2, -0.15) is 5.10 Å². The lowest BCUT2D eigenvalue weighted by atomic mass is 10.1. The van der Waals surface area contributed by atoms with Crippen LogP contribution in [-0.4, -0.2) is 38.8 Å². The first-order valence-corrected chi connectivity index (χ1v) is 11.7. The molecule has 0 bridgehead atoms. The summed E-state index contributed by atoms with van der Waals surface area (Å²) in [7, 11) is -0.909. The van der Waals surface area contributed by atoms with Crippen LogP contribution in [0.1, 0.15) is 23.6 Å². The van der Waals surface area contributed by atoms with Gasteiger partial charge in [0.2, 0.25) is 0 Å². The molecule has 0 saturated heterocycles. The zero-order chi connectivity index (χ0) is 21.0. The molecular formula is C23H30IN5OS. The zero-order valence-corrected chi connectivity index (χ0v) is 20.9. The molecule has 0 radical (unpaired) electrons. The lowest BCUT2D eigenvalue weighted by molar-refractivity contribution is 0.680. The van der Waals surface area contributed by atoms with Crippen LogP contribution in [0.15, 0.2) is 78.0 Å². The Bertz CT molecular complexity index is 948. The van der Waals surface area contributed by atoms with Crippen LogP contribution in [0.3, 0.4) is 0 Å². The molecular weight excluding hydrogens is 521 g/mol. The largest absolute Gasteiger partial charge is 0.357 e. The Balaban J connectivity index is 0.00000341. The fraction of sp³-hybridized carbons (Fsp3) is 0.304. The molecule has 0 aliphatic carbocycles. The van der Waals surface area contributed by atoms with Crippen molar-refractivity contribution in [1.82, 2.24) is 20.4 Å². The number of benzene rings is 2. The smallest absolute Gasteiger partial charge is 0.191 e. The summed E-state index contributed by atoms with van der Waals surface area (Å²) in [6.07, 6.45) is 3.75. The average Bonchev–Trinajstić information content (AvgIpc) is 3.27. The summed E-state index contributed by atoms with van der Waals surface area (Å²) in [4.78, 5) is 4.72. The lowest BCUT2D eigenvalue weighted by Crippen LogP contribution is -2.39. The molecule has 1 heterocycles. The second-order valence-corrected chi connectivity index (χ2v) is 8.44. The van der Waals surface area contributed by atoms with E-state index < -0.39 is 10.8 Å². The Kier molecular flexibility index (Phi) is 11.3. The van der Waals surface area contributed by atoms with E-state index in [0.717, 1.165) is 30.2 Å². The van der Waals surface area contributed by atoms with Gasteiger partial charge >= 0.3 is 0 Å². The van der Waals surface area contributed by atoms with E-state index in [0.29, 0.717) is 24.6 Å². The van der Waals surface area contributed by atoms with Crippen molar-refractivity contribution in [1.29, 1.82) is 0 Å². The maximum absolute atomic E-state index is 12.3. The monoisotopic (exact) mass is 551 g/mol. The number of nitrogens with one attached hydrogen (secondary N) is 2. The van der Waals surface area contributed by atoms with Crippen LogP contribution in [0.2, 0.25) is 0 Å². The highest BCUT2D eigenvalue weighted by Crippen LogP contribution is 2.11. The summed E-state index contributed by atoms with van der Waals surface area (Å²) < 4.78 is 14.2. The highest BCUT2D eigenvalue weighted by atomic mass is 127. The molecule has 1 unspecified atom stereocenters. The SMILES string of the molecule is CCNC(=NCc1ccccc1Cn1cccn1)NCCS(=O)Cc1ccccc1.I. The minimum absolute atomic E-state index is 0. The van der Waals surface area contributed by atoms with Crippen molar-refractivity contribution in [2.24, 2.45) is 4.99 Å². The van der Waals surface area contributed by atoms with E-state index in [2.05, 4.69) is 27.9 Å². The van der Waals surface area contributed by atoms with Crippen molar-refractivity contribution < 1.29 is 4.21 Å². The summed E-state index contributed by atoms with van der Waals surface area (Å²) in [5.74, 6) is 1.90. The van der Waals surface area contributed by atoms with Gasteiger partial charge in [0.25, 0.3) is 0 Å². The summed E-state index contributed by atoms with van der Waals surface area (Å²) in [6, 6.07) is 20.2. The number of hydrogen-bond donors (Lipinski definition) is 2. The average molecular weight is 551 g/mol. The molecule has 1 atom stereocenters. The van der Waals surface area contributed by atoms with Crippen molar-refractivity contribution in [2.75, 3.05) is 18.8 Å². The lowest BCUT2D eigenvalue weighted by Gasteiger charge is -2.12. The summed E-state index contributed by atoms with van der Waals surface area (Å²) in [6.45, 7) is 4.71. The summed E-state index contributed by atoms with van der Waals surface area (Å²) in [5.41, 5.74) is 3.47. The highest BCUT2D eigenvalue weighted by Gasteiger charge is 2.05. The van der Waals surface area contributed by atoms with Gasteiger partial charge in [-0.15, -0.1) is 24.0 Å². The second-order valence-electron chi connectivity index (χ2n) is 6.87. The fourth-order valence-corrected chi connectivity index (χ4v) is 4.09. The fourth-order valence-electron chi connectivity index (χ4n) is 3.06. The molecule has 3 aromatic rings. The third-order valence-corrected chi connectivity index (χ3v) is 5.87. The minimum Gasteiger partial charge on any atom is -0.357 e. The summed E-state index contributed by atoms with van der Waals surface area (Å²) >= 11 is 0. The van der Waals surface area contributed by atoms with Gasteiger partial charge in [0.1, 0.15) is 0 Å². The van der Waals surface area contributed by atoms with Crippen LogP contribution >= 0.6 is 24.0 Å². The van der Waals surface area contributed by atoms with Crippen molar-refractivity contribution >= 4 is 40.7 Å². The number of guanidine groups is 1. The van der Waals surface area contributed by atoms with Gasteiger partial charge in [-0.1, -0.05) is 54.6 Å². The first-order chi connectivity index (χ1) is 14.7. The van der Waals surface area contributed by atoms with Crippen LogP contribution in [-0.2, 0) is 29.6 Å². The van der Waals surface area contributed by atoms with Gasteiger partial charge in [-0.25, -0.2) is 4.99 Å². The highest BCUT2D eigenvalue weighted by molar-refractivity contribution is 14.0. The van der Waals surface area contributed by atoms with Gasteiger partial charge in [0.15, 0.2) is 5.96 Å². The van der Waals surface area contributed by atoms with E-state index in [-0.39, 0.29) is 24.0 Å². The molecule has 166 valence electrons. The molecule has 0 aliphatic heterocycles. The normalized spacial score (nSPS) is 12.1. The van der Waals surface area contributed by atoms with Crippen LogP contribution < -0.4 is 10.6 Å². The van der Waals surface area contributed by atoms with E-state index in [9.17, 15) is 4.21 Å². The van der Waals surface area contributed by atoms with Gasteiger partial charge in [-0.3, -0.25) is 8.89 Å². The number of aromatic nitrogens is 2. The van der Waals surface area contributed by atoms with Crippen molar-refractivity contribution in [2.45, 2.75) is 25.8 Å². The van der Waals surface area contributed by atoms with E-state index in [4.69, 9.17) is 4.99 Å². The summed E-state index contributed by atoms with van der Waals surface area (Å²) in [5, 5.41) is 10.9. The van der Waals surface area contributed by atoms with E-state index >= 15 is 0 Å². The predicted octanol–water partition coefficient (Wildman–Crippen LogP) is 3.55. The predicted molar refractivity (Wildman–Crippen MR) is 139 cm³/mol. The van der Waals surface area contributed by atoms with Crippen LogP contribution in [0, 0.1) is 0 Å². The molecule has 31 heavy (non-hydrogen) atoms. The Morgan fingerprint density at radius 1 is 1.03 bits per heavy atom. The van der Waals surface area contributed by atoms with Gasteiger partial charge < -0.3 is 10.6 Å². The molecule has 0 amide bonds. The second kappa shape index (κ2) is 14.0. The molecule has 2 aromatic carbocycles. The molecule has 0 saturated carbocycles. The first kappa shape index (κ1) is 25.1. The molecule has 6 nitrogen and oxygen atoms in total. The Morgan fingerprint density at radius 3 is 2.48 bits per heavy atom. The van der Waals surface area contributed by atoms with Gasteiger partial charge in [-0.05, 0) is 29.7 Å². The molecule has 1 aromatic heterocycles. The molecule has 0 fully saturated rings. The Hall–Kier alpha value is -2.20. The third kappa shape index (κ3) is 8.82. The van der Waals surface area contributed by atoms with Gasteiger partial charge in [0.05, 0.1) is 13.1 Å².